The third kappa shape index (κ3) is 1.85. The molecule has 0 radical (unpaired) electrons. The smallest absolute Gasteiger partial charge is 0.270 e. The second-order valence-corrected chi connectivity index (χ2v) is 4.89. The van der Waals surface area contributed by atoms with Crippen LogP contribution in [0.3, 0.4) is 0 Å². The van der Waals surface area contributed by atoms with Gasteiger partial charge in [-0.05, 0) is 32.4 Å². The fraction of sp³-hybridized carbons (Fsp3) is 0.583. The largest absolute Gasteiger partial charge is 0.388 e. The number of carbonyl (C=O) groups is 1. The first-order valence-corrected chi connectivity index (χ1v) is 5.55. The molecule has 1 aliphatic heterocycles. The van der Waals surface area contributed by atoms with E-state index in [4.69, 9.17) is 0 Å². The second kappa shape index (κ2) is 3.63. The first kappa shape index (κ1) is 11.2. The Morgan fingerprint density at radius 3 is 2.62 bits per heavy atom. The molecule has 1 unspecified atom stereocenters. The minimum atomic E-state index is -0.726. The van der Waals surface area contributed by atoms with Gasteiger partial charge in [0.25, 0.3) is 5.91 Å². The number of hydrogen-bond donors (Lipinski definition) is 1. The minimum absolute atomic E-state index is 0.00775. The van der Waals surface area contributed by atoms with E-state index >= 15 is 0 Å². The number of aryl methyl sites for hydroxylation is 1. The van der Waals surface area contributed by atoms with Gasteiger partial charge in [0, 0.05) is 25.8 Å². The van der Waals surface area contributed by atoms with Crippen molar-refractivity contribution in [3.05, 3.63) is 23.5 Å². The monoisotopic (exact) mass is 222 g/mol. The lowest BCUT2D eigenvalue weighted by molar-refractivity contribution is 0.0567. The summed E-state index contributed by atoms with van der Waals surface area (Å²) in [4.78, 5) is 13.9. The van der Waals surface area contributed by atoms with E-state index < -0.39 is 5.60 Å². The summed E-state index contributed by atoms with van der Waals surface area (Å²) in [5, 5.41) is 9.83. The molecule has 1 aromatic rings. The average molecular weight is 222 g/mol. The number of β-amino-alcohol motifs (C(OH)–C–C–N with tert-alkyl or cyclic N) is 1. The second-order valence-electron chi connectivity index (χ2n) is 4.89. The Morgan fingerprint density at radius 1 is 1.50 bits per heavy atom. The molecule has 0 bridgehead atoms. The van der Waals surface area contributed by atoms with Crippen LogP contribution in [0.15, 0.2) is 12.1 Å². The summed E-state index contributed by atoms with van der Waals surface area (Å²) in [6, 6.07) is 3.77. The fourth-order valence-electron chi connectivity index (χ4n) is 2.11. The maximum atomic E-state index is 12.2. The molecule has 2 heterocycles. The van der Waals surface area contributed by atoms with Crippen molar-refractivity contribution in [2.75, 3.05) is 13.1 Å². The van der Waals surface area contributed by atoms with E-state index in [9.17, 15) is 9.90 Å². The summed E-state index contributed by atoms with van der Waals surface area (Å²) in [6.07, 6.45) is 0.655. The predicted molar refractivity (Wildman–Crippen MR) is 61.3 cm³/mol. The molecule has 1 aliphatic rings. The van der Waals surface area contributed by atoms with Gasteiger partial charge >= 0.3 is 0 Å². The SMILES string of the molecule is Cc1ccc(C(=O)N2CCC(C)(O)C2)n1C. The maximum absolute atomic E-state index is 12.2. The first-order valence-electron chi connectivity index (χ1n) is 5.55. The molecule has 2 rings (SSSR count). The standard InChI is InChI=1S/C12H18N2O2/c1-9-4-5-10(13(9)3)11(15)14-7-6-12(2,16)8-14/h4-5,16H,6-8H2,1-3H3. The zero-order valence-corrected chi connectivity index (χ0v) is 10.0. The van der Waals surface area contributed by atoms with Crippen LogP contribution in [0, 0.1) is 6.92 Å². The van der Waals surface area contributed by atoms with Gasteiger partial charge in [-0.15, -0.1) is 0 Å². The number of carbonyl (C=O) groups excluding carboxylic acids is 1. The molecule has 1 fully saturated rings. The molecule has 4 nitrogen and oxygen atoms in total. The Hall–Kier alpha value is -1.29. The van der Waals surface area contributed by atoms with Gasteiger partial charge < -0.3 is 14.6 Å². The van der Waals surface area contributed by atoms with E-state index in [0.29, 0.717) is 25.2 Å². The van der Waals surface area contributed by atoms with Gasteiger partial charge in [-0.25, -0.2) is 0 Å². The normalized spacial score (nSPS) is 25.1. The van der Waals surface area contributed by atoms with Crippen molar-refractivity contribution in [3.63, 3.8) is 0 Å². The summed E-state index contributed by atoms with van der Waals surface area (Å²) >= 11 is 0. The number of hydrogen-bond acceptors (Lipinski definition) is 2. The first-order chi connectivity index (χ1) is 7.41. The van der Waals surface area contributed by atoms with Gasteiger partial charge in [0.15, 0.2) is 0 Å². The zero-order chi connectivity index (χ0) is 11.9. The summed E-state index contributed by atoms with van der Waals surface area (Å²) < 4.78 is 1.88. The summed E-state index contributed by atoms with van der Waals surface area (Å²) in [6.45, 7) is 4.81. The van der Waals surface area contributed by atoms with Crippen molar-refractivity contribution >= 4 is 5.91 Å². The average Bonchev–Trinajstić information content (AvgIpc) is 2.71. The Bertz CT molecular complexity index is 421. The molecule has 0 aliphatic carbocycles. The summed E-state index contributed by atoms with van der Waals surface area (Å²) in [5.41, 5.74) is 1.03. The van der Waals surface area contributed by atoms with Crippen molar-refractivity contribution in [2.45, 2.75) is 25.9 Å². The van der Waals surface area contributed by atoms with Crippen molar-refractivity contribution in [1.82, 2.24) is 9.47 Å². The molecule has 1 aromatic heterocycles. The number of aliphatic hydroxyl groups is 1. The Morgan fingerprint density at radius 2 is 2.19 bits per heavy atom. The van der Waals surface area contributed by atoms with Crippen LogP contribution in [0.1, 0.15) is 29.5 Å². The molecule has 1 N–H and O–H groups in total. The molecule has 16 heavy (non-hydrogen) atoms. The van der Waals surface area contributed by atoms with Crippen LogP contribution >= 0.6 is 0 Å². The highest BCUT2D eigenvalue weighted by atomic mass is 16.3. The molecule has 0 spiro atoms. The topological polar surface area (TPSA) is 45.5 Å². The third-order valence-electron chi connectivity index (χ3n) is 3.33. The molecule has 4 heteroatoms. The quantitative estimate of drug-likeness (QED) is 0.768. The predicted octanol–water partition coefficient (Wildman–Crippen LogP) is 0.930. The molecule has 0 saturated carbocycles. The molecular formula is C12H18N2O2. The molecule has 1 saturated heterocycles. The highest BCUT2D eigenvalue weighted by Gasteiger charge is 2.34. The van der Waals surface area contributed by atoms with E-state index in [-0.39, 0.29) is 5.91 Å². The van der Waals surface area contributed by atoms with Crippen molar-refractivity contribution < 1.29 is 9.90 Å². The zero-order valence-electron chi connectivity index (χ0n) is 10.0. The van der Waals surface area contributed by atoms with Crippen molar-refractivity contribution in [2.24, 2.45) is 7.05 Å². The number of nitrogens with zero attached hydrogens (tertiary/aromatic N) is 2. The summed E-state index contributed by atoms with van der Waals surface area (Å²) in [5.74, 6) is 0.00775. The third-order valence-corrected chi connectivity index (χ3v) is 3.33. The highest BCUT2D eigenvalue weighted by molar-refractivity contribution is 5.93. The number of aromatic nitrogens is 1. The number of likely N-dealkylation sites (tertiary alicyclic amines) is 1. The highest BCUT2D eigenvalue weighted by Crippen LogP contribution is 2.22. The molecular weight excluding hydrogens is 204 g/mol. The van der Waals surface area contributed by atoms with Crippen LogP contribution < -0.4 is 0 Å². The van der Waals surface area contributed by atoms with Crippen LogP contribution in [0.4, 0.5) is 0 Å². The van der Waals surface area contributed by atoms with Crippen molar-refractivity contribution in [1.29, 1.82) is 0 Å². The van der Waals surface area contributed by atoms with E-state index in [1.807, 2.05) is 30.7 Å². The van der Waals surface area contributed by atoms with Crippen molar-refractivity contribution in [3.8, 4) is 0 Å². The summed E-state index contributed by atoms with van der Waals surface area (Å²) in [7, 11) is 1.89. The van der Waals surface area contributed by atoms with Gasteiger partial charge in [-0.2, -0.15) is 0 Å². The van der Waals surface area contributed by atoms with E-state index in [0.717, 1.165) is 5.69 Å². The van der Waals surface area contributed by atoms with Gasteiger partial charge in [-0.1, -0.05) is 0 Å². The van der Waals surface area contributed by atoms with Gasteiger partial charge in [-0.3, -0.25) is 4.79 Å². The van der Waals surface area contributed by atoms with E-state index in [1.54, 1.807) is 11.8 Å². The number of rotatable bonds is 1. The maximum Gasteiger partial charge on any atom is 0.270 e. The Labute approximate surface area is 95.5 Å². The van der Waals surface area contributed by atoms with E-state index in [2.05, 4.69) is 0 Å². The minimum Gasteiger partial charge on any atom is -0.388 e. The van der Waals surface area contributed by atoms with Crippen LogP contribution in [-0.2, 0) is 7.05 Å². The van der Waals surface area contributed by atoms with E-state index in [1.165, 1.54) is 0 Å². The van der Waals surface area contributed by atoms with Crippen LogP contribution in [0.25, 0.3) is 0 Å². The molecule has 0 aromatic carbocycles. The van der Waals surface area contributed by atoms with Gasteiger partial charge in [0.2, 0.25) is 0 Å². The number of amides is 1. The van der Waals surface area contributed by atoms with Crippen LogP contribution in [0.2, 0.25) is 0 Å². The lowest BCUT2D eigenvalue weighted by atomic mass is 10.1. The molecule has 1 amide bonds. The van der Waals surface area contributed by atoms with Crippen LogP contribution in [-0.4, -0.2) is 39.2 Å². The van der Waals surface area contributed by atoms with Gasteiger partial charge in [0.1, 0.15) is 5.69 Å². The lowest BCUT2D eigenvalue weighted by Crippen LogP contribution is -2.34. The Balaban J connectivity index is 2.18. The van der Waals surface area contributed by atoms with Crippen LogP contribution in [0.5, 0.6) is 0 Å². The lowest BCUT2D eigenvalue weighted by Gasteiger charge is -2.19. The van der Waals surface area contributed by atoms with Gasteiger partial charge in [0.05, 0.1) is 5.60 Å². The Kier molecular flexibility index (Phi) is 2.54. The molecule has 88 valence electrons. The molecule has 1 atom stereocenters. The fourth-order valence-corrected chi connectivity index (χ4v) is 2.11.